The molecule has 5 rings (SSSR count). The predicted molar refractivity (Wildman–Crippen MR) is 131 cm³/mol. The molecule has 1 N–H and O–H groups in total. The van der Waals surface area contributed by atoms with Crippen molar-refractivity contribution in [2.75, 3.05) is 0 Å². The quantitative estimate of drug-likeness (QED) is 0.389. The van der Waals surface area contributed by atoms with E-state index >= 15 is 0 Å². The largest absolute Gasteiger partial charge is 0.451 e. The third-order valence-corrected chi connectivity index (χ3v) is 7.57. The zero-order valence-electron chi connectivity index (χ0n) is 20.8. The van der Waals surface area contributed by atoms with E-state index in [1.54, 1.807) is 18.2 Å². The molecule has 0 bridgehead atoms. The molecule has 198 valence electrons. The number of amides is 2. The Bertz CT molecular complexity index is 1120. The van der Waals surface area contributed by atoms with E-state index in [0.717, 1.165) is 44.9 Å². The van der Waals surface area contributed by atoms with Gasteiger partial charge in [-0.15, -0.1) is 0 Å². The number of rotatable bonds is 8. The van der Waals surface area contributed by atoms with Crippen molar-refractivity contribution in [3.63, 3.8) is 0 Å². The second kappa shape index (κ2) is 11.5. The lowest BCUT2D eigenvalue weighted by atomic mass is 10.0. The smallest absolute Gasteiger partial charge is 0.310 e. The molecule has 2 aliphatic carbocycles. The second-order valence-corrected chi connectivity index (χ2v) is 10.2. The highest BCUT2D eigenvalue weighted by Crippen LogP contribution is 2.31. The van der Waals surface area contributed by atoms with E-state index < -0.39 is 30.0 Å². The van der Waals surface area contributed by atoms with Crippen molar-refractivity contribution in [3.05, 3.63) is 48.0 Å². The molecule has 1 aromatic carbocycles. The maximum atomic E-state index is 13.6. The molecule has 1 saturated heterocycles. The monoisotopic (exact) mass is 512 g/mol. The summed E-state index contributed by atoms with van der Waals surface area (Å²) >= 11 is 0. The molecule has 37 heavy (non-hydrogen) atoms. The molecule has 2 amide bonds. The van der Waals surface area contributed by atoms with Crippen LogP contribution >= 0.6 is 0 Å². The number of hydrogen-bond donors (Lipinski definition) is 1. The zero-order valence-corrected chi connectivity index (χ0v) is 20.8. The maximum Gasteiger partial charge on any atom is 0.310 e. The lowest BCUT2D eigenvalue weighted by Crippen LogP contribution is -2.55. The number of esters is 1. The van der Waals surface area contributed by atoms with Gasteiger partial charge >= 0.3 is 11.9 Å². The van der Waals surface area contributed by atoms with E-state index in [2.05, 4.69) is 5.43 Å². The van der Waals surface area contributed by atoms with Crippen LogP contribution in [0.5, 0.6) is 0 Å². The van der Waals surface area contributed by atoms with Crippen LogP contribution in [0.25, 0.3) is 11.3 Å². The number of carbonyl (C=O) groups excluding carboxylic acids is 3. The predicted octanol–water partition coefficient (Wildman–Crippen LogP) is 5.13. The average molecular weight is 513 g/mol. The lowest BCUT2D eigenvalue weighted by molar-refractivity contribution is -0.185. The van der Waals surface area contributed by atoms with E-state index in [9.17, 15) is 18.8 Å². The summed E-state index contributed by atoms with van der Waals surface area (Å²) in [6.07, 6.45) is 8.32. The summed E-state index contributed by atoms with van der Waals surface area (Å²) < 4.78 is 30.8. The molecule has 0 spiro atoms. The summed E-state index contributed by atoms with van der Waals surface area (Å²) in [6.45, 7) is 0. The van der Waals surface area contributed by atoms with Gasteiger partial charge in [-0.25, -0.2) is 9.40 Å². The number of ether oxygens (including phenoxy) is 2. The van der Waals surface area contributed by atoms with Crippen molar-refractivity contribution >= 4 is 17.8 Å². The minimum Gasteiger partial charge on any atom is -0.451 e. The second-order valence-electron chi connectivity index (χ2n) is 10.2. The van der Waals surface area contributed by atoms with E-state index in [1.165, 1.54) is 36.0 Å². The number of nitrogens with one attached hydrogen (secondary N) is 1. The highest BCUT2D eigenvalue weighted by Gasteiger charge is 2.44. The van der Waals surface area contributed by atoms with Gasteiger partial charge in [0.15, 0.2) is 5.76 Å². The fraction of sp³-hybridized carbons (Fsp3) is 0.536. The molecule has 3 fully saturated rings. The number of halogens is 1. The van der Waals surface area contributed by atoms with Crippen molar-refractivity contribution in [3.8, 4) is 11.3 Å². The molecule has 2 aromatic rings. The van der Waals surface area contributed by atoms with Gasteiger partial charge in [0.2, 0.25) is 12.2 Å². The van der Waals surface area contributed by atoms with Crippen LogP contribution in [0.1, 0.15) is 81.2 Å². The Hall–Kier alpha value is -3.20. The molecule has 8 nitrogen and oxygen atoms in total. The van der Waals surface area contributed by atoms with Gasteiger partial charge < -0.3 is 13.9 Å². The van der Waals surface area contributed by atoms with Gasteiger partial charge in [0, 0.05) is 12.0 Å². The van der Waals surface area contributed by atoms with Crippen LogP contribution < -0.4 is 5.43 Å². The SMILES string of the molecule is O=C1C[C@H](N(NC(=O)c2ccc(-c3cccc(F)c3)o2)C(=O)CCC2CCCC2)[C@@H](OC2CCCC2)O1. The summed E-state index contributed by atoms with van der Waals surface area (Å²) in [6, 6.07) is 8.14. The van der Waals surface area contributed by atoms with E-state index in [-0.39, 0.29) is 30.6 Å². The summed E-state index contributed by atoms with van der Waals surface area (Å²) in [4.78, 5) is 38.9. The van der Waals surface area contributed by atoms with E-state index in [4.69, 9.17) is 13.9 Å². The van der Waals surface area contributed by atoms with Crippen LogP contribution in [-0.2, 0) is 19.1 Å². The minimum absolute atomic E-state index is 0.0358. The summed E-state index contributed by atoms with van der Waals surface area (Å²) in [5.74, 6) is -1.04. The highest BCUT2D eigenvalue weighted by molar-refractivity contribution is 5.93. The van der Waals surface area contributed by atoms with Crippen LogP contribution in [0, 0.1) is 11.7 Å². The summed E-state index contributed by atoms with van der Waals surface area (Å²) in [7, 11) is 0. The van der Waals surface area contributed by atoms with Gasteiger partial charge in [-0.3, -0.25) is 19.8 Å². The molecule has 0 radical (unpaired) electrons. The number of nitrogens with zero attached hydrogens (tertiary/aromatic N) is 1. The number of cyclic esters (lactones) is 1. The fourth-order valence-electron chi connectivity index (χ4n) is 5.57. The first-order valence-corrected chi connectivity index (χ1v) is 13.3. The van der Waals surface area contributed by atoms with Crippen LogP contribution in [0.4, 0.5) is 4.39 Å². The molecule has 1 aliphatic heterocycles. The van der Waals surface area contributed by atoms with Gasteiger partial charge in [-0.1, -0.05) is 50.7 Å². The van der Waals surface area contributed by atoms with Gasteiger partial charge in [0.05, 0.1) is 12.5 Å². The first-order valence-electron chi connectivity index (χ1n) is 13.3. The van der Waals surface area contributed by atoms with Gasteiger partial charge in [-0.05, 0) is 49.4 Å². The third kappa shape index (κ3) is 6.21. The Kier molecular flexibility index (Phi) is 7.88. The molecule has 0 unspecified atom stereocenters. The topological polar surface area (TPSA) is 98.1 Å². The van der Waals surface area contributed by atoms with Crippen molar-refractivity contribution in [1.82, 2.24) is 10.4 Å². The molecular weight excluding hydrogens is 479 g/mol. The van der Waals surface area contributed by atoms with Crippen LogP contribution in [0.2, 0.25) is 0 Å². The first-order chi connectivity index (χ1) is 18.0. The van der Waals surface area contributed by atoms with E-state index in [0.29, 0.717) is 17.2 Å². The number of hydrogen-bond acceptors (Lipinski definition) is 6. The maximum absolute atomic E-state index is 13.6. The average Bonchev–Trinajstić information content (AvgIpc) is 3.70. The zero-order chi connectivity index (χ0) is 25.8. The lowest BCUT2D eigenvalue weighted by Gasteiger charge is -2.32. The van der Waals surface area contributed by atoms with Crippen molar-refractivity contribution < 1.29 is 32.7 Å². The number of carbonyl (C=O) groups is 3. The normalized spacial score (nSPS) is 22.4. The Morgan fingerprint density at radius 2 is 1.81 bits per heavy atom. The molecule has 1 aromatic heterocycles. The minimum atomic E-state index is -0.939. The van der Waals surface area contributed by atoms with Crippen LogP contribution in [0.3, 0.4) is 0 Å². The number of furan rings is 1. The standard InChI is InChI=1S/C28H33FN2O6/c29-20-9-5-8-19(16-20)23-13-14-24(36-23)27(34)30-31(25(32)15-12-18-6-1-2-7-18)22-17-26(33)37-28(22)35-21-10-3-4-11-21/h5,8-9,13-14,16,18,21-22,28H,1-4,6-7,10-12,15,17H2,(H,30,34)/t22-,28-/m0/s1. The fourth-order valence-corrected chi connectivity index (χ4v) is 5.57. The van der Waals surface area contributed by atoms with Gasteiger partial charge in [0.25, 0.3) is 0 Å². The number of benzene rings is 1. The number of hydrazine groups is 1. The van der Waals surface area contributed by atoms with Crippen molar-refractivity contribution in [1.29, 1.82) is 0 Å². The van der Waals surface area contributed by atoms with Gasteiger partial charge in [0.1, 0.15) is 17.6 Å². The van der Waals surface area contributed by atoms with Crippen molar-refractivity contribution in [2.45, 2.75) is 89.1 Å². The van der Waals surface area contributed by atoms with Crippen LogP contribution in [0.15, 0.2) is 40.8 Å². The first kappa shape index (κ1) is 25.4. The summed E-state index contributed by atoms with van der Waals surface area (Å²) in [5, 5.41) is 1.21. The Balaban J connectivity index is 1.33. The molecule has 3 aliphatic rings. The van der Waals surface area contributed by atoms with Crippen LogP contribution in [-0.4, -0.2) is 41.2 Å². The Morgan fingerprint density at radius 1 is 1.05 bits per heavy atom. The Morgan fingerprint density at radius 3 is 2.57 bits per heavy atom. The Labute approximate surface area is 215 Å². The molecule has 2 saturated carbocycles. The molecular formula is C28H33FN2O6. The third-order valence-electron chi connectivity index (χ3n) is 7.57. The van der Waals surface area contributed by atoms with Gasteiger partial charge in [-0.2, -0.15) is 0 Å². The molecule has 9 heteroatoms. The molecule has 2 atom stereocenters. The van der Waals surface area contributed by atoms with E-state index in [1.807, 2.05) is 0 Å². The highest BCUT2D eigenvalue weighted by atomic mass is 19.1. The van der Waals surface area contributed by atoms with Crippen molar-refractivity contribution in [2.24, 2.45) is 5.92 Å². The summed E-state index contributed by atoms with van der Waals surface area (Å²) in [5.41, 5.74) is 3.16. The molecule has 2 heterocycles.